The topological polar surface area (TPSA) is 57.3 Å². The fraction of sp³-hybridized carbons (Fsp3) is 0.429. The number of nitrogens with one attached hydrogen (secondary N) is 2. The van der Waals surface area contributed by atoms with E-state index in [1.54, 1.807) is 18.3 Å². The van der Waals surface area contributed by atoms with Gasteiger partial charge in [-0.2, -0.15) is 0 Å². The van der Waals surface area contributed by atoms with Gasteiger partial charge in [0.05, 0.1) is 5.56 Å². The van der Waals surface area contributed by atoms with Crippen LogP contribution in [0, 0.1) is 0 Å². The van der Waals surface area contributed by atoms with E-state index in [-0.39, 0.29) is 5.91 Å². The SMILES string of the molecule is C=CCNC(=O)c1ccc(NCCCN(C)C)nc1. The summed E-state index contributed by atoms with van der Waals surface area (Å²) in [6.07, 6.45) is 4.27. The third-order valence-corrected chi connectivity index (χ3v) is 2.52. The summed E-state index contributed by atoms with van der Waals surface area (Å²) in [5.41, 5.74) is 0.556. The van der Waals surface area contributed by atoms with Gasteiger partial charge in [-0.3, -0.25) is 4.79 Å². The molecule has 1 aromatic heterocycles. The van der Waals surface area contributed by atoms with Gasteiger partial charge in [-0.15, -0.1) is 6.58 Å². The van der Waals surface area contributed by atoms with Crippen LogP contribution in [0.15, 0.2) is 31.0 Å². The average Bonchev–Trinajstić information content (AvgIpc) is 2.41. The van der Waals surface area contributed by atoms with Gasteiger partial charge in [0, 0.05) is 19.3 Å². The number of nitrogens with zero attached hydrogens (tertiary/aromatic N) is 2. The van der Waals surface area contributed by atoms with Crippen molar-refractivity contribution in [2.75, 3.05) is 39.0 Å². The van der Waals surface area contributed by atoms with Crippen LogP contribution in [0.25, 0.3) is 0 Å². The van der Waals surface area contributed by atoms with Crippen molar-refractivity contribution in [3.8, 4) is 0 Å². The summed E-state index contributed by atoms with van der Waals surface area (Å²) in [4.78, 5) is 18.0. The molecule has 0 aliphatic rings. The Hall–Kier alpha value is -1.88. The van der Waals surface area contributed by atoms with Crippen molar-refractivity contribution in [2.45, 2.75) is 6.42 Å². The summed E-state index contributed by atoms with van der Waals surface area (Å²) in [5, 5.41) is 5.93. The highest BCUT2D eigenvalue weighted by atomic mass is 16.1. The minimum absolute atomic E-state index is 0.133. The van der Waals surface area contributed by atoms with Crippen molar-refractivity contribution < 1.29 is 4.79 Å². The van der Waals surface area contributed by atoms with Gasteiger partial charge in [-0.1, -0.05) is 6.08 Å². The number of pyridine rings is 1. The van der Waals surface area contributed by atoms with E-state index in [0.29, 0.717) is 12.1 Å². The maximum Gasteiger partial charge on any atom is 0.253 e. The van der Waals surface area contributed by atoms with Crippen LogP contribution in [0.3, 0.4) is 0 Å². The molecule has 5 nitrogen and oxygen atoms in total. The molecular weight excluding hydrogens is 240 g/mol. The summed E-state index contributed by atoms with van der Waals surface area (Å²) >= 11 is 0. The number of rotatable bonds is 8. The minimum Gasteiger partial charge on any atom is -0.370 e. The lowest BCUT2D eigenvalue weighted by atomic mass is 10.2. The van der Waals surface area contributed by atoms with Crippen molar-refractivity contribution in [2.24, 2.45) is 0 Å². The molecule has 0 atom stereocenters. The van der Waals surface area contributed by atoms with Crippen molar-refractivity contribution in [1.29, 1.82) is 0 Å². The van der Waals surface area contributed by atoms with Crippen LogP contribution >= 0.6 is 0 Å². The second kappa shape index (κ2) is 8.26. The molecule has 1 rings (SSSR count). The molecule has 0 saturated carbocycles. The van der Waals surface area contributed by atoms with E-state index < -0.39 is 0 Å². The zero-order valence-corrected chi connectivity index (χ0v) is 11.6. The summed E-state index contributed by atoms with van der Waals surface area (Å²) in [6.45, 7) is 5.92. The number of anilines is 1. The molecule has 0 unspecified atom stereocenters. The number of carbonyl (C=O) groups is 1. The van der Waals surface area contributed by atoms with Crippen molar-refractivity contribution in [3.05, 3.63) is 36.5 Å². The van der Waals surface area contributed by atoms with Crippen LogP contribution in [-0.2, 0) is 0 Å². The first kappa shape index (κ1) is 15.2. The fourth-order valence-electron chi connectivity index (χ4n) is 1.51. The molecule has 1 aromatic rings. The first-order valence-electron chi connectivity index (χ1n) is 6.37. The van der Waals surface area contributed by atoms with Crippen LogP contribution in [0.2, 0.25) is 0 Å². The van der Waals surface area contributed by atoms with Crippen LogP contribution < -0.4 is 10.6 Å². The van der Waals surface area contributed by atoms with E-state index >= 15 is 0 Å². The average molecular weight is 262 g/mol. The molecule has 0 spiro atoms. The largest absolute Gasteiger partial charge is 0.370 e. The molecule has 0 aliphatic heterocycles. The van der Waals surface area contributed by atoms with Crippen LogP contribution in [-0.4, -0.2) is 49.5 Å². The van der Waals surface area contributed by atoms with Crippen LogP contribution in [0.4, 0.5) is 5.82 Å². The van der Waals surface area contributed by atoms with Gasteiger partial charge in [0.2, 0.25) is 0 Å². The molecule has 1 heterocycles. The molecule has 0 radical (unpaired) electrons. The van der Waals surface area contributed by atoms with Crippen molar-refractivity contribution in [1.82, 2.24) is 15.2 Å². The van der Waals surface area contributed by atoms with E-state index in [0.717, 1.165) is 25.3 Å². The minimum atomic E-state index is -0.133. The molecule has 5 heteroatoms. The molecule has 0 bridgehead atoms. The molecule has 0 fully saturated rings. The Kier molecular flexibility index (Phi) is 6.60. The predicted octanol–water partition coefficient (Wildman–Crippen LogP) is 1.36. The third-order valence-electron chi connectivity index (χ3n) is 2.52. The molecule has 0 aliphatic carbocycles. The highest BCUT2D eigenvalue weighted by Crippen LogP contribution is 2.05. The zero-order valence-electron chi connectivity index (χ0n) is 11.6. The first-order chi connectivity index (χ1) is 9.13. The Morgan fingerprint density at radius 3 is 2.84 bits per heavy atom. The maximum atomic E-state index is 11.6. The Morgan fingerprint density at radius 2 is 2.26 bits per heavy atom. The van der Waals surface area contributed by atoms with Crippen LogP contribution in [0.5, 0.6) is 0 Å². The number of aromatic nitrogens is 1. The fourth-order valence-corrected chi connectivity index (χ4v) is 1.51. The van der Waals surface area contributed by atoms with Gasteiger partial charge < -0.3 is 15.5 Å². The standard InChI is InChI=1S/C14H22N4O/c1-4-8-16-14(19)12-6-7-13(17-11-12)15-9-5-10-18(2)3/h4,6-7,11H,1,5,8-10H2,2-3H3,(H,15,17)(H,16,19). The van der Waals surface area contributed by atoms with Gasteiger partial charge in [-0.05, 0) is 39.2 Å². The lowest BCUT2D eigenvalue weighted by Gasteiger charge is -2.10. The molecule has 0 aromatic carbocycles. The second-order valence-electron chi connectivity index (χ2n) is 4.51. The Morgan fingerprint density at radius 1 is 1.47 bits per heavy atom. The van der Waals surface area contributed by atoms with E-state index in [2.05, 4.69) is 41.2 Å². The monoisotopic (exact) mass is 262 g/mol. The Balaban J connectivity index is 2.38. The van der Waals surface area contributed by atoms with Crippen molar-refractivity contribution in [3.63, 3.8) is 0 Å². The van der Waals surface area contributed by atoms with Gasteiger partial charge >= 0.3 is 0 Å². The third kappa shape index (κ3) is 6.01. The highest BCUT2D eigenvalue weighted by molar-refractivity contribution is 5.94. The molecular formula is C14H22N4O. The number of hydrogen-bond donors (Lipinski definition) is 2. The predicted molar refractivity (Wildman–Crippen MR) is 78.4 cm³/mol. The van der Waals surface area contributed by atoms with E-state index in [1.807, 2.05) is 6.07 Å². The Bertz CT molecular complexity index is 400. The normalized spacial score (nSPS) is 10.3. The number of hydrogen-bond acceptors (Lipinski definition) is 4. The molecule has 2 N–H and O–H groups in total. The number of amides is 1. The molecule has 104 valence electrons. The zero-order chi connectivity index (χ0) is 14.1. The number of carbonyl (C=O) groups excluding carboxylic acids is 1. The smallest absolute Gasteiger partial charge is 0.253 e. The van der Waals surface area contributed by atoms with E-state index in [9.17, 15) is 4.79 Å². The lowest BCUT2D eigenvalue weighted by molar-refractivity contribution is 0.0957. The lowest BCUT2D eigenvalue weighted by Crippen LogP contribution is -2.23. The van der Waals surface area contributed by atoms with Gasteiger partial charge in [0.1, 0.15) is 5.82 Å². The maximum absolute atomic E-state index is 11.6. The summed E-state index contributed by atoms with van der Waals surface area (Å²) in [7, 11) is 4.10. The Labute approximate surface area is 114 Å². The first-order valence-corrected chi connectivity index (χ1v) is 6.37. The quantitative estimate of drug-likeness (QED) is 0.548. The second-order valence-corrected chi connectivity index (χ2v) is 4.51. The molecule has 1 amide bonds. The summed E-state index contributed by atoms with van der Waals surface area (Å²) in [6, 6.07) is 3.58. The highest BCUT2D eigenvalue weighted by Gasteiger charge is 2.04. The van der Waals surface area contributed by atoms with Crippen molar-refractivity contribution >= 4 is 11.7 Å². The van der Waals surface area contributed by atoms with Gasteiger partial charge in [0.25, 0.3) is 5.91 Å². The van der Waals surface area contributed by atoms with Crippen LogP contribution in [0.1, 0.15) is 16.8 Å². The van der Waals surface area contributed by atoms with E-state index in [1.165, 1.54) is 0 Å². The van der Waals surface area contributed by atoms with E-state index in [4.69, 9.17) is 0 Å². The molecule has 19 heavy (non-hydrogen) atoms. The van der Waals surface area contributed by atoms with Gasteiger partial charge in [-0.25, -0.2) is 4.98 Å². The molecule has 0 saturated heterocycles. The van der Waals surface area contributed by atoms with Gasteiger partial charge in [0.15, 0.2) is 0 Å². The summed E-state index contributed by atoms with van der Waals surface area (Å²) in [5.74, 6) is 0.658. The summed E-state index contributed by atoms with van der Waals surface area (Å²) < 4.78 is 0.